The maximum absolute atomic E-state index is 11.1. The highest BCUT2D eigenvalue weighted by Crippen LogP contribution is 2.57. The van der Waals surface area contributed by atoms with E-state index >= 15 is 0 Å². The van der Waals surface area contributed by atoms with Crippen molar-refractivity contribution in [2.75, 3.05) is 0 Å². The Kier molecular flexibility index (Phi) is 2.83. The van der Waals surface area contributed by atoms with E-state index in [1.165, 1.54) is 0 Å². The van der Waals surface area contributed by atoms with Gasteiger partial charge in [0.2, 0.25) is 0 Å². The van der Waals surface area contributed by atoms with Gasteiger partial charge in [0.25, 0.3) is 0 Å². The first-order valence-electron chi connectivity index (χ1n) is 4.69. The highest BCUT2D eigenvalue weighted by molar-refractivity contribution is 9.12. The molecule has 15 heavy (non-hydrogen) atoms. The summed E-state index contributed by atoms with van der Waals surface area (Å²) < 4.78 is 0. The number of carbonyl (C=O) groups is 2. The van der Waals surface area contributed by atoms with Gasteiger partial charge in [0, 0.05) is 9.65 Å². The molecule has 0 aromatic heterocycles. The van der Waals surface area contributed by atoms with Crippen molar-refractivity contribution in [2.45, 2.75) is 16.1 Å². The van der Waals surface area contributed by atoms with Crippen molar-refractivity contribution in [3.05, 3.63) is 0 Å². The van der Waals surface area contributed by atoms with Crippen LogP contribution in [0.25, 0.3) is 0 Å². The summed E-state index contributed by atoms with van der Waals surface area (Å²) in [5, 5.41) is 18.1. The van der Waals surface area contributed by atoms with Crippen LogP contribution >= 0.6 is 31.9 Å². The van der Waals surface area contributed by atoms with Crippen LogP contribution in [-0.2, 0) is 9.59 Å². The molecule has 2 fully saturated rings. The minimum atomic E-state index is -0.987. The van der Waals surface area contributed by atoms with Gasteiger partial charge in [0.05, 0.1) is 11.8 Å². The van der Waals surface area contributed by atoms with Crippen LogP contribution in [0.5, 0.6) is 0 Å². The predicted octanol–water partition coefficient (Wildman–Crippen LogP) is 1.56. The monoisotopic (exact) mass is 340 g/mol. The maximum atomic E-state index is 11.1. The third kappa shape index (κ3) is 1.53. The van der Waals surface area contributed by atoms with Gasteiger partial charge < -0.3 is 10.2 Å². The molecule has 0 radical (unpaired) electrons. The Morgan fingerprint density at radius 2 is 1.27 bits per heavy atom. The van der Waals surface area contributed by atoms with Crippen LogP contribution in [-0.4, -0.2) is 31.8 Å². The summed E-state index contributed by atoms with van der Waals surface area (Å²) in [6.07, 6.45) is 0.680. The molecule has 4 nitrogen and oxygen atoms in total. The summed E-state index contributed by atoms with van der Waals surface area (Å²) in [7, 11) is 0. The lowest BCUT2D eigenvalue weighted by Crippen LogP contribution is -2.43. The molecule has 0 aromatic rings. The smallest absolute Gasteiger partial charge is 0.307 e. The molecular weight excluding hydrogens is 332 g/mol. The van der Waals surface area contributed by atoms with Crippen LogP contribution in [0.1, 0.15) is 6.42 Å². The van der Waals surface area contributed by atoms with E-state index in [1.807, 2.05) is 0 Å². The van der Waals surface area contributed by atoms with E-state index in [1.54, 1.807) is 0 Å². The topological polar surface area (TPSA) is 74.6 Å². The van der Waals surface area contributed by atoms with E-state index in [-0.39, 0.29) is 21.5 Å². The third-order valence-electron chi connectivity index (χ3n) is 3.55. The first-order valence-corrected chi connectivity index (χ1v) is 6.52. The molecular formula is C9H10Br2O4. The first kappa shape index (κ1) is 11.4. The number of hydrogen-bond acceptors (Lipinski definition) is 2. The summed E-state index contributed by atoms with van der Waals surface area (Å²) in [6.45, 7) is 0. The minimum Gasteiger partial charge on any atom is -0.481 e. The van der Waals surface area contributed by atoms with Crippen LogP contribution < -0.4 is 0 Å². The van der Waals surface area contributed by atoms with Crippen molar-refractivity contribution in [1.29, 1.82) is 0 Å². The van der Waals surface area contributed by atoms with Crippen molar-refractivity contribution < 1.29 is 19.8 Å². The molecule has 2 aliphatic carbocycles. The predicted molar refractivity (Wildman–Crippen MR) is 59.3 cm³/mol. The van der Waals surface area contributed by atoms with Gasteiger partial charge in [-0.25, -0.2) is 0 Å². The molecule has 0 saturated heterocycles. The zero-order chi connectivity index (χ0) is 11.3. The Labute approximate surface area is 103 Å². The minimum absolute atomic E-state index is 0.0687. The number of carboxylic acids is 2. The number of halogens is 2. The fourth-order valence-corrected chi connectivity index (χ4v) is 4.82. The van der Waals surface area contributed by atoms with Gasteiger partial charge in [-0.1, -0.05) is 31.9 Å². The average Bonchev–Trinajstić information content (AvgIpc) is 2.64. The summed E-state index contributed by atoms with van der Waals surface area (Å²) in [5.41, 5.74) is 0. The maximum Gasteiger partial charge on any atom is 0.307 e. The zero-order valence-electron chi connectivity index (χ0n) is 7.64. The molecule has 6 atom stereocenters. The molecule has 2 rings (SSSR count). The zero-order valence-corrected chi connectivity index (χ0v) is 10.8. The van der Waals surface area contributed by atoms with Crippen molar-refractivity contribution in [2.24, 2.45) is 23.7 Å². The lowest BCUT2D eigenvalue weighted by atomic mass is 9.79. The number of fused-ring (bicyclic) bond motifs is 2. The van der Waals surface area contributed by atoms with Gasteiger partial charge in [-0.2, -0.15) is 0 Å². The van der Waals surface area contributed by atoms with Crippen molar-refractivity contribution in [3.8, 4) is 0 Å². The highest BCUT2D eigenvalue weighted by atomic mass is 79.9. The Morgan fingerprint density at radius 3 is 1.53 bits per heavy atom. The standard InChI is InChI=1S/C9H10Br2O4/c10-6-2-1-3(7(6)11)5(9(14)15)4(2)8(12)13/h2-7H,1H2,(H,12,13)(H,14,15)/t2-,3+,4-,5-,6+,7-/m1/s1. The molecule has 2 saturated carbocycles. The summed E-state index contributed by atoms with van der Waals surface area (Å²) in [5.74, 6) is -3.61. The molecule has 0 aliphatic heterocycles. The van der Waals surface area contributed by atoms with Crippen molar-refractivity contribution in [1.82, 2.24) is 0 Å². The van der Waals surface area contributed by atoms with Gasteiger partial charge >= 0.3 is 11.9 Å². The van der Waals surface area contributed by atoms with Gasteiger partial charge in [0.1, 0.15) is 0 Å². The fourth-order valence-electron chi connectivity index (χ4n) is 2.94. The molecule has 0 heterocycles. The first-order chi connectivity index (χ1) is 6.95. The number of rotatable bonds is 2. The van der Waals surface area contributed by atoms with E-state index in [2.05, 4.69) is 31.9 Å². The molecule has 0 amide bonds. The number of hydrogen-bond donors (Lipinski definition) is 2. The van der Waals surface area contributed by atoms with Crippen LogP contribution in [0.4, 0.5) is 0 Å². The van der Waals surface area contributed by atoms with Gasteiger partial charge in [0.15, 0.2) is 0 Å². The van der Waals surface area contributed by atoms with Crippen LogP contribution in [0.2, 0.25) is 0 Å². The van der Waals surface area contributed by atoms with Gasteiger partial charge in [-0.15, -0.1) is 0 Å². The Bertz CT molecular complexity index is 289. The highest BCUT2D eigenvalue weighted by Gasteiger charge is 2.61. The average molecular weight is 342 g/mol. The lowest BCUT2D eigenvalue weighted by Gasteiger charge is -2.31. The summed E-state index contributed by atoms with van der Waals surface area (Å²) in [6, 6.07) is 0. The van der Waals surface area contributed by atoms with E-state index < -0.39 is 23.8 Å². The molecule has 6 heteroatoms. The fraction of sp³-hybridized carbons (Fsp3) is 0.778. The van der Waals surface area contributed by atoms with Crippen LogP contribution in [0.15, 0.2) is 0 Å². The number of aliphatic carboxylic acids is 2. The second-order valence-electron chi connectivity index (χ2n) is 4.18. The van der Waals surface area contributed by atoms with Crippen LogP contribution in [0, 0.1) is 23.7 Å². The molecule has 84 valence electrons. The molecule has 2 N–H and O–H groups in total. The second-order valence-corrected chi connectivity index (χ2v) is 6.29. The van der Waals surface area contributed by atoms with E-state index in [0.29, 0.717) is 6.42 Å². The van der Waals surface area contributed by atoms with E-state index in [0.717, 1.165) is 0 Å². The lowest BCUT2D eigenvalue weighted by molar-refractivity contribution is -0.155. The molecule has 2 bridgehead atoms. The Balaban J connectivity index is 2.32. The Hall–Kier alpha value is -0.100. The largest absolute Gasteiger partial charge is 0.481 e. The number of alkyl halides is 2. The third-order valence-corrected chi connectivity index (χ3v) is 6.75. The van der Waals surface area contributed by atoms with E-state index in [4.69, 9.17) is 10.2 Å². The SMILES string of the molecule is O=C(O)[C@@H]1[C@@H]2C[C@@H]([C@H](Br)[C@@H]2Br)[C@H]1C(=O)O. The molecule has 0 unspecified atom stereocenters. The summed E-state index contributed by atoms with van der Waals surface area (Å²) in [4.78, 5) is 22.3. The molecule has 0 aromatic carbocycles. The Morgan fingerprint density at radius 1 is 0.933 bits per heavy atom. The normalized spacial score (nSPS) is 48.1. The molecule has 0 spiro atoms. The summed E-state index contributed by atoms with van der Waals surface area (Å²) >= 11 is 6.89. The van der Waals surface area contributed by atoms with Crippen LogP contribution in [0.3, 0.4) is 0 Å². The van der Waals surface area contributed by atoms with Gasteiger partial charge in [-0.3, -0.25) is 9.59 Å². The quantitative estimate of drug-likeness (QED) is 0.747. The van der Waals surface area contributed by atoms with E-state index in [9.17, 15) is 9.59 Å². The van der Waals surface area contributed by atoms with Crippen molar-refractivity contribution in [3.63, 3.8) is 0 Å². The number of carboxylic acid groups (broad SMARTS) is 2. The molecule has 2 aliphatic rings. The van der Waals surface area contributed by atoms with Crippen molar-refractivity contribution >= 4 is 43.8 Å². The van der Waals surface area contributed by atoms with Gasteiger partial charge in [-0.05, 0) is 18.3 Å². The second kappa shape index (κ2) is 3.73.